The Morgan fingerprint density at radius 2 is 1.64 bits per heavy atom. The molecule has 1 aliphatic heterocycles. The van der Waals surface area contributed by atoms with Crippen LogP contribution in [0.2, 0.25) is 0 Å². The molecule has 1 heterocycles. The monoisotopic (exact) mass is 489 g/mol. The largest absolute Gasteiger partial charge is 0.438 e. The molecule has 7 nitrogen and oxygen atoms in total. The van der Waals surface area contributed by atoms with E-state index in [-0.39, 0.29) is 18.4 Å². The first-order chi connectivity index (χ1) is 17.4. The van der Waals surface area contributed by atoms with E-state index >= 15 is 0 Å². The van der Waals surface area contributed by atoms with Crippen LogP contribution in [0.25, 0.3) is 0 Å². The Labute approximate surface area is 209 Å². The normalized spacial score (nSPS) is 17.0. The van der Waals surface area contributed by atoms with Crippen molar-refractivity contribution in [3.05, 3.63) is 101 Å². The summed E-state index contributed by atoms with van der Waals surface area (Å²) < 4.78 is 18.8. The molecule has 2 N–H and O–H groups in total. The van der Waals surface area contributed by atoms with E-state index in [9.17, 15) is 18.8 Å². The first kappa shape index (κ1) is 24.9. The van der Waals surface area contributed by atoms with E-state index in [4.69, 9.17) is 4.74 Å². The van der Waals surface area contributed by atoms with Crippen LogP contribution in [0.1, 0.15) is 46.5 Å². The highest BCUT2D eigenvalue weighted by Crippen LogP contribution is 2.34. The summed E-state index contributed by atoms with van der Waals surface area (Å²) in [7, 11) is 0. The molecule has 3 amide bonds. The Morgan fingerprint density at radius 1 is 0.972 bits per heavy atom. The molecule has 186 valence electrons. The molecule has 2 unspecified atom stereocenters. The van der Waals surface area contributed by atoms with E-state index in [0.29, 0.717) is 23.4 Å². The molecule has 4 rings (SSSR count). The van der Waals surface area contributed by atoms with Crippen molar-refractivity contribution in [1.82, 2.24) is 10.2 Å². The van der Waals surface area contributed by atoms with Gasteiger partial charge in [-0.3, -0.25) is 14.5 Å². The van der Waals surface area contributed by atoms with Gasteiger partial charge in [0.15, 0.2) is 12.1 Å². The van der Waals surface area contributed by atoms with Gasteiger partial charge in [0.1, 0.15) is 5.82 Å². The summed E-state index contributed by atoms with van der Waals surface area (Å²) in [5.41, 5.74) is 3.46. The van der Waals surface area contributed by atoms with Gasteiger partial charge in [-0.05, 0) is 60.9 Å². The maximum atomic E-state index is 13.1. The number of ether oxygens (including phenoxy) is 1. The van der Waals surface area contributed by atoms with Crippen LogP contribution in [0.5, 0.6) is 0 Å². The van der Waals surface area contributed by atoms with Crippen LogP contribution in [0.3, 0.4) is 0 Å². The third-order valence-corrected chi connectivity index (χ3v) is 5.98. The highest BCUT2D eigenvalue weighted by molar-refractivity contribution is 6.04. The van der Waals surface area contributed by atoms with Crippen molar-refractivity contribution in [1.29, 1.82) is 0 Å². The highest BCUT2D eigenvalue weighted by atomic mass is 19.1. The van der Waals surface area contributed by atoms with E-state index in [1.807, 2.05) is 38.1 Å². The standard InChI is InChI=1S/C28H28FN3O4/c1-3-16-30-27(34)24-25(36-28(35)32(24)17-19-6-4-18(2)5-7-19)20-10-14-23(15-11-20)31-26(33)21-8-12-22(29)13-9-21/h4-15,24-25H,3,16-17H2,1-2H3,(H,30,34)(H,31,33). The molecule has 2 atom stereocenters. The number of aryl methyl sites for hydroxylation is 1. The summed E-state index contributed by atoms with van der Waals surface area (Å²) in [5, 5.41) is 5.64. The Hall–Kier alpha value is -4.20. The first-order valence-electron chi connectivity index (χ1n) is 11.8. The van der Waals surface area contributed by atoms with Gasteiger partial charge in [0, 0.05) is 17.8 Å². The van der Waals surface area contributed by atoms with Crippen molar-refractivity contribution in [2.75, 3.05) is 11.9 Å². The molecule has 1 aliphatic rings. The SMILES string of the molecule is CCCNC(=O)C1C(c2ccc(NC(=O)c3ccc(F)cc3)cc2)OC(=O)N1Cc1ccc(C)cc1. The number of hydrogen-bond acceptors (Lipinski definition) is 4. The molecule has 1 fully saturated rings. The number of carbonyl (C=O) groups excluding carboxylic acids is 3. The van der Waals surface area contributed by atoms with Gasteiger partial charge in [-0.25, -0.2) is 9.18 Å². The third-order valence-electron chi connectivity index (χ3n) is 5.98. The summed E-state index contributed by atoms with van der Waals surface area (Å²) >= 11 is 0. The fraction of sp³-hybridized carbons (Fsp3) is 0.250. The zero-order valence-electron chi connectivity index (χ0n) is 20.2. The second-order valence-corrected chi connectivity index (χ2v) is 8.74. The zero-order valence-corrected chi connectivity index (χ0v) is 20.2. The second kappa shape index (κ2) is 11.0. The van der Waals surface area contributed by atoms with Crippen LogP contribution in [0, 0.1) is 12.7 Å². The molecule has 0 aliphatic carbocycles. The van der Waals surface area contributed by atoms with Gasteiger partial charge < -0.3 is 15.4 Å². The highest BCUT2D eigenvalue weighted by Gasteiger charge is 2.46. The van der Waals surface area contributed by atoms with E-state index in [1.165, 1.54) is 29.2 Å². The number of benzene rings is 3. The van der Waals surface area contributed by atoms with Crippen LogP contribution in [-0.4, -0.2) is 35.4 Å². The van der Waals surface area contributed by atoms with Crippen molar-refractivity contribution >= 4 is 23.6 Å². The maximum Gasteiger partial charge on any atom is 0.411 e. The van der Waals surface area contributed by atoms with E-state index in [0.717, 1.165) is 17.5 Å². The molecule has 0 radical (unpaired) electrons. The summed E-state index contributed by atoms with van der Waals surface area (Å²) in [4.78, 5) is 39.8. The van der Waals surface area contributed by atoms with Gasteiger partial charge in [-0.15, -0.1) is 0 Å². The van der Waals surface area contributed by atoms with Crippen molar-refractivity contribution in [3.8, 4) is 0 Å². The minimum absolute atomic E-state index is 0.242. The van der Waals surface area contributed by atoms with Crippen molar-refractivity contribution in [2.24, 2.45) is 0 Å². The van der Waals surface area contributed by atoms with Crippen molar-refractivity contribution < 1.29 is 23.5 Å². The molecule has 3 aromatic rings. The number of halogens is 1. The molecule has 3 aromatic carbocycles. The molecule has 36 heavy (non-hydrogen) atoms. The minimum Gasteiger partial charge on any atom is -0.438 e. The van der Waals surface area contributed by atoms with Crippen LogP contribution in [0.15, 0.2) is 72.8 Å². The lowest BCUT2D eigenvalue weighted by Gasteiger charge is -2.24. The van der Waals surface area contributed by atoms with Gasteiger partial charge >= 0.3 is 6.09 Å². The van der Waals surface area contributed by atoms with E-state index < -0.39 is 24.1 Å². The molecule has 1 saturated heterocycles. The topological polar surface area (TPSA) is 87.7 Å². The molecular formula is C28H28FN3O4. The fourth-order valence-corrected chi connectivity index (χ4v) is 4.01. The predicted molar refractivity (Wildman–Crippen MR) is 134 cm³/mol. The summed E-state index contributed by atoms with van der Waals surface area (Å²) in [6.45, 7) is 4.67. The van der Waals surface area contributed by atoms with Gasteiger partial charge in [-0.1, -0.05) is 48.9 Å². The summed E-state index contributed by atoms with van der Waals surface area (Å²) in [5.74, 6) is -1.08. The third kappa shape index (κ3) is 5.71. The van der Waals surface area contributed by atoms with Crippen LogP contribution < -0.4 is 10.6 Å². The number of anilines is 1. The van der Waals surface area contributed by atoms with Gasteiger partial charge in [0.05, 0.1) is 6.54 Å². The lowest BCUT2D eigenvalue weighted by atomic mass is 10.00. The lowest BCUT2D eigenvalue weighted by Crippen LogP contribution is -2.46. The van der Waals surface area contributed by atoms with Crippen LogP contribution in [-0.2, 0) is 16.1 Å². The average Bonchev–Trinajstić information content (AvgIpc) is 3.20. The second-order valence-electron chi connectivity index (χ2n) is 8.74. The zero-order chi connectivity index (χ0) is 25.7. The maximum absolute atomic E-state index is 13.1. The molecule has 0 aromatic heterocycles. The first-order valence-corrected chi connectivity index (χ1v) is 11.8. The molecule has 0 bridgehead atoms. The minimum atomic E-state index is -0.843. The average molecular weight is 490 g/mol. The number of amides is 3. The van der Waals surface area contributed by atoms with Crippen LogP contribution >= 0.6 is 0 Å². The molecule has 0 spiro atoms. The Kier molecular flexibility index (Phi) is 7.63. The van der Waals surface area contributed by atoms with Crippen molar-refractivity contribution in [2.45, 2.75) is 39.0 Å². The number of nitrogens with one attached hydrogen (secondary N) is 2. The number of rotatable bonds is 8. The predicted octanol–water partition coefficient (Wildman–Crippen LogP) is 4.97. The summed E-state index contributed by atoms with van der Waals surface area (Å²) in [6, 6.07) is 19.0. The van der Waals surface area contributed by atoms with Gasteiger partial charge in [0.2, 0.25) is 5.91 Å². The Bertz CT molecular complexity index is 1230. The number of hydrogen-bond donors (Lipinski definition) is 2. The smallest absolute Gasteiger partial charge is 0.411 e. The van der Waals surface area contributed by atoms with E-state index in [1.54, 1.807) is 24.3 Å². The van der Waals surface area contributed by atoms with E-state index in [2.05, 4.69) is 10.6 Å². The Morgan fingerprint density at radius 3 is 2.28 bits per heavy atom. The quantitative estimate of drug-likeness (QED) is 0.468. The number of nitrogens with zero attached hydrogens (tertiary/aromatic N) is 1. The Balaban J connectivity index is 1.53. The molecule has 8 heteroatoms. The number of carbonyl (C=O) groups is 3. The van der Waals surface area contributed by atoms with Gasteiger partial charge in [-0.2, -0.15) is 0 Å². The van der Waals surface area contributed by atoms with Crippen molar-refractivity contribution in [3.63, 3.8) is 0 Å². The lowest BCUT2D eigenvalue weighted by molar-refractivity contribution is -0.126. The fourth-order valence-electron chi connectivity index (χ4n) is 4.01. The van der Waals surface area contributed by atoms with Gasteiger partial charge in [0.25, 0.3) is 5.91 Å². The molecular weight excluding hydrogens is 461 g/mol. The molecule has 0 saturated carbocycles. The number of cyclic esters (lactones) is 1. The van der Waals surface area contributed by atoms with Crippen LogP contribution in [0.4, 0.5) is 14.9 Å². The summed E-state index contributed by atoms with van der Waals surface area (Å²) in [6.07, 6.45) is -0.606.